The molecule has 2 heterocycles. The summed E-state index contributed by atoms with van der Waals surface area (Å²) in [6.07, 6.45) is 3.58. The fraction of sp³-hybridized carbons (Fsp3) is 0.286. The second kappa shape index (κ2) is 9.79. The molecule has 10 nitrogen and oxygen atoms in total. The number of aromatic nitrogens is 1. The molecule has 2 N–H and O–H groups in total. The van der Waals surface area contributed by atoms with E-state index < -0.39 is 21.9 Å². The number of methoxy groups -OCH3 is 2. The van der Waals surface area contributed by atoms with Crippen molar-refractivity contribution in [1.29, 1.82) is 0 Å². The molecule has 0 saturated carbocycles. The molecule has 1 aromatic heterocycles. The van der Waals surface area contributed by atoms with Gasteiger partial charge in [0.05, 0.1) is 19.1 Å². The first-order valence-electron chi connectivity index (χ1n) is 9.64. The summed E-state index contributed by atoms with van der Waals surface area (Å²) in [5, 5.41) is 12.5. The van der Waals surface area contributed by atoms with Crippen LogP contribution in [0.2, 0.25) is 0 Å². The van der Waals surface area contributed by atoms with Gasteiger partial charge in [-0.2, -0.15) is 4.31 Å². The predicted octanol–water partition coefficient (Wildman–Crippen LogP) is 1.18. The Balaban J connectivity index is 1.70. The van der Waals surface area contributed by atoms with Crippen LogP contribution in [0.1, 0.15) is 22.5 Å². The number of ether oxygens (including phenoxy) is 2. The Morgan fingerprint density at radius 3 is 2.50 bits per heavy atom. The van der Waals surface area contributed by atoms with E-state index in [0.717, 1.165) is 5.57 Å². The van der Waals surface area contributed by atoms with Crippen molar-refractivity contribution >= 4 is 27.5 Å². The SMILES string of the molecule is COC(=O)CNC(=O)c1ncc(C2=CCN(S(=O)(=O)c3ccc(OC)cc3)CC2)cc1O. The molecule has 1 aliphatic rings. The zero-order chi connectivity index (χ0) is 23.3. The van der Waals surface area contributed by atoms with Crippen molar-refractivity contribution in [3.05, 3.63) is 53.9 Å². The molecule has 0 saturated heterocycles. The molecule has 1 amide bonds. The van der Waals surface area contributed by atoms with Gasteiger partial charge < -0.3 is 19.9 Å². The van der Waals surface area contributed by atoms with Gasteiger partial charge in [-0.25, -0.2) is 13.4 Å². The third-order valence-electron chi connectivity index (χ3n) is 4.94. The summed E-state index contributed by atoms with van der Waals surface area (Å²) in [6, 6.07) is 7.57. The van der Waals surface area contributed by atoms with E-state index in [0.29, 0.717) is 17.7 Å². The molecule has 0 unspecified atom stereocenters. The Morgan fingerprint density at radius 1 is 1.22 bits per heavy atom. The van der Waals surface area contributed by atoms with E-state index >= 15 is 0 Å². The van der Waals surface area contributed by atoms with E-state index in [4.69, 9.17) is 4.74 Å². The van der Waals surface area contributed by atoms with Crippen LogP contribution in [0.3, 0.4) is 0 Å². The van der Waals surface area contributed by atoms with Crippen LogP contribution in [-0.4, -0.2) is 68.5 Å². The third-order valence-corrected chi connectivity index (χ3v) is 6.82. The Kier molecular flexibility index (Phi) is 7.11. The van der Waals surface area contributed by atoms with Crippen molar-refractivity contribution in [3.63, 3.8) is 0 Å². The Bertz CT molecular complexity index is 1140. The van der Waals surface area contributed by atoms with Crippen molar-refractivity contribution in [2.75, 3.05) is 33.9 Å². The number of aromatic hydroxyl groups is 1. The van der Waals surface area contributed by atoms with Crippen LogP contribution < -0.4 is 10.1 Å². The van der Waals surface area contributed by atoms with Crippen molar-refractivity contribution in [3.8, 4) is 11.5 Å². The van der Waals surface area contributed by atoms with Crippen molar-refractivity contribution in [1.82, 2.24) is 14.6 Å². The van der Waals surface area contributed by atoms with Gasteiger partial charge in [0.25, 0.3) is 5.91 Å². The number of benzene rings is 1. The maximum atomic E-state index is 12.9. The average Bonchev–Trinajstić information content (AvgIpc) is 2.82. The Morgan fingerprint density at radius 2 is 1.94 bits per heavy atom. The highest BCUT2D eigenvalue weighted by atomic mass is 32.2. The largest absolute Gasteiger partial charge is 0.505 e. The smallest absolute Gasteiger partial charge is 0.325 e. The van der Waals surface area contributed by atoms with Gasteiger partial charge in [-0.3, -0.25) is 9.59 Å². The van der Waals surface area contributed by atoms with Gasteiger partial charge in [0, 0.05) is 19.3 Å². The lowest BCUT2D eigenvalue weighted by atomic mass is 10.0. The molecule has 2 aromatic rings. The summed E-state index contributed by atoms with van der Waals surface area (Å²) < 4.78 is 36.6. The van der Waals surface area contributed by atoms with Crippen LogP contribution in [0.25, 0.3) is 5.57 Å². The molecular formula is C21H23N3O7S. The Hall–Kier alpha value is -3.44. The first-order chi connectivity index (χ1) is 15.3. The number of hydrogen-bond donors (Lipinski definition) is 2. The quantitative estimate of drug-likeness (QED) is 0.587. The van der Waals surface area contributed by atoms with Gasteiger partial charge in [0.1, 0.15) is 18.0 Å². The van der Waals surface area contributed by atoms with Crippen LogP contribution in [0.15, 0.2) is 47.5 Å². The molecule has 0 atom stereocenters. The number of esters is 1. The van der Waals surface area contributed by atoms with Gasteiger partial charge in [-0.1, -0.05) is 6.08 Å². The van der Waals surface area contributed by atoms with Crippen LogP contribution in [0, 0.1) is 0 Å². The number of carbonyl (C=O) groups is 2. The minimum Gasteiger partial charge on any atom is -0.505 e. The minimum absolute atomic E-state index is 0.159. The molecular weight excluding hydrogens is 438 g/mol. The summed E-state index contributed by atoms with van der Waals surface area (Å²) >= 11 is 0. The van der Waals surface area contributed by atoms with E-state index in [1.807, 2.05) is 0 Å². The lowest BCUT2D eigenvalue weighted by Gasteiger charge is -2.26. The topological polar surface area (TPSA) is 135 Å². The van der Waals surface area contributed by atoms with Crippen LogP contribution in [0.4, 0.5) is 0 Å². The Labute approximate surface area is 185 Å². The van der Waals surface area contributed by atoms with Gasteiger partial charge >= 0.3 is 5.97 Å². The zero-order valence-electron chi connectivity index (χ0n) is 17.6. The van der Waals surface area contributed by atoms with Crippen molar-refractivity contribution in [2.24, 2.45) is 0 Å². The maximum absolute atomic E-state index is 12.9. The third kappa shape index (κ3) is 5.06. The highest BCUT2D eigenvalue weighted by Crippen LogP contribution is 2.28. The molecule has 11 heteroatoms. The van der Waals surface area contributed by atoms with Crippen molar-refractivity contribution in [2.45, 2.75) is 11.3 Å². The van der Waals surface area contributed by atoms with Crippen molar-refractivity contribution < 1.29 is 32.6 Å². The summed E-state index contributed by atoms with van der Waals surface area (Å²) in [7, 11) is -0.954. The molecule has 1 aromatic carbocycles. The number of carbonyl (C=O) groups excluding carboxylic acids is 2. The van der Waals surface area contributed by atoms with Gasteiger partial charge in [0.15, 0.2) is 5.69 Å². The lowest BCUT2D eigenvalue weighted by molar-refractivity contribution is -0.139. The lowest BCUT2D eigenvalue weighted by Crippen LogP contribution is -2.34. The van der Waals surface area contributed by atoms with E-state index in [1.165, 1.54) is 42.9 Å². The summed E-state index contributed by atoms with van der Waals surface area (Å²) in [6.45, 7) is 0.0655. The molecule has 0 radical (unpaired) electrons. The number of sulfonamides is 1. The van der Waals surface area contributed by atoms with E-state index in [-0.39, 0.29) is 36.0 Å². The molecule has 0 fully saturated rings. The normalized spacial score (nSPS) is 14.4. The highest BCUT2D eigenvalue weighted by Gasteiger charge is 2.27. The molecule has 0 spiro atoms. The fourth-order valence-electron chi connectivity index (χ4n) is 3.14. The number of pyridine rings is 1. The number of nitrogens with zero attached hydrogens (tertiary/aromatic N) is 2. The van der Waals surface area contributed by atoms with Crippen LogP contribution >= 0.6 is 0 Å². The van der Waals surface area contributed by atoms with Crippen LogP contribution in [-0.2, 0) is 19.6 Å². The molecule has 3 rings (SSSR count). The first kappa shape index (κ1) is 23.2. The molecule has 32 heavy (non-hydrogen) atoms. The molecule has 170 valence electrons. The maximum Gasteiger partial charge on any atom is 0.325 e. The van der Waals surface area contributed by atoms with Gasteiger partial charge in [0.2, 0.25) is 10.0 Å². The molecule has 0 aliphatic carbocycles. The van der Waals surface area contributed by atoms with Gasteiger partial charge in [-0.15, -0.1) is 0 Å². The van der Waals surface area contributed by atoms with E-state index in [9.17, 15) is 23.1 Å². The first-order valence-corrected chi connectivity index (χ1v) is 11.1. The number of rotatable bonds is 7. The van der Waals surface area contributed by atoms with E-state index in [1.54, 1.807) is 18.2 Å². The van der Waals surface area contributed by atoms with Crippen LogP contribution in [0.5, 0.6) is 11.5 Å². The fourth-order valence-corrected chi connectivity index (χ4v) is 4.52. The average molecular weight is 461 g/mol. The number of nitrogens with one attached hydrogen (secondary N) is 1. The monoisotopic (exact) mass is 461 g/mol. The second-order valence-corrected chi connectivity index (χ2v) is 8.81. The molecule has 0 bridgehead atoms. The highest BCUT2D eigenvalue weighted by molar-refractivity contribution is 7.89. The van der Waals surface area contributed by atoms with E-state index in [2.05, 4.69) is 15.0 Å². The minimum atomic E-state index is -3.66. The number of hydrogen-bond acceptors (Lipinski definition) is 8. The molecule has 1 aliphatic heterocycles. The van der Waals surface area contributed by atoms with Gasteiger partial charge in [-0.05, 0) is 47.9 Å². The summed E-state index contributed by atoms with van der Waals surface area (Å²) in [5.41, 5.74) is 1.15. The standard InChI is InChI=1S/C21H23N3O7S/c1-30-16-3-5-17(6-4-16)32(28,29)24-9-7-14(8-10-24)15-11-18(25)20(22-12-15)21(27)23-13-19(26)31-2/h3-7,11-12,25H,8-10,13H2,1-2H3,(H,23,27). The number of amides is 1. The summed E-state index contributed by atoms with van der Waals surface area (Å²) in [4.78, 5) is 27.4. The summed E-state index contributed by atoms with van der Waals surface area (Å²) in [5.74, 6) is -1.12. The second-order valence-electron chi connectivity index (χ2n) is 6.87. The predicted molar refractivity (Wildman–Crippen MR) is 115 cm³/mol. The zero-order valence-corrected chi connectivity index (χ0v) is 18.4.